The van der Waals surface area contributed by atoms with Gasteiger partial charge in [-0.05, 0) is 16.7 Å². The summed E-state index contributed by atoms with van der Waals surface area (Å²) in [6, 6.07) is 25.2. The fourth-order valence-corrected chi connectivity index (χ4v) is 2.76. The Morgan fingerprint density at radius 1 is 0.893 bits per heavy atom. The molecule has 0 spiro atoms. The van der Waals surface area contributed by atoms with Crippen LogP contribution in [0.4, 0.5) is 5.69 Å². The first kappa shape index (κ1) is 19.3. The molecule has 6 nitrogen and oxygen atoms in total. The van der Waals surface area contributed by atoms with E-state index < -0.39 is 17.0 Å². The van der Waals surface area contributed by atoms with Gasteiger partial charge in [0, 0.05) is 12.1 Å². The zero-order chi connectivity index (χ0) is 19.8. The lowest BCUT2D eigenvalue weighted by Gasteiger charge is -2.18. The normalized spacial score (nSPS) is 10.6. The zero-order valence-corrected chi connectivity index (χ0v) is 15.1. The van der Waals surface area contributed by atoms with Crippen molar-refractivity contribution in [3.05, 3.63) is 112 Å². The summed E-state index contributed by atoms with van der Waals surface area (Å²) in [6.07, 6.45) is -0.396. The minimum absolute atomic E-state index is 0.0435. The van der Waals surface area contributed by atoms with E-state index in [1.54, 1.807) is 12.1 Å². The van der Waals surface area contributed by atoms with Gasteiger partial charge in [0.2, 0.25) is 0 Å². The Morgan fingerprint density at radius 2 is 1.50 bits per heavy atom. The topological polar surface area (TPSA) is 78.7 Å². The maximum atomic E-state index is 12.1. The molecule has 0 aliphatic rings. The fraction of sp³-hybridized carbons (Fsp3) is 0.136. The van der Waals surface area contributed by atoms with Crippen molar-refractivity contribution < 1.29 is 19.2 Å². The summed E-state index contributed by atoms with van der Waals surface area (Å²) in [4.78, 5) is 22.4. The van der Waals surface area contributed by atoms with Crippen LogP contribution in [0.25, 0.3) is 0 Å². The Kier molecular flexibility index (Phi) is 6.49. The quantitative estimate of drug-likeness (QED) is 0.329. The third-order valence-electron chi connectivity index (χ3n) is 4.09. The fourth-order valence-electron chi connectivity index (χ4n) is 2.76. The van der Waals surface area contributed by atoms with Gasteiger partial charge in [-0.15, -0.1) is 0 Å². The SMILES string of the molecule is O=C(COC(c1ccccc1)c1ccccc1)OCc1cccc([N+](=O)[O-])c1. The van der Waals surface area contributed by atoms with E-state index in [2.05, 4.69) is 0 Å². The zero-order valence-electron chi connectivity index (χ0n) is 15.1. The second-order valence-electron chi connectivity index (χ2n) is 6.10. The molecule has 0 aliphatic carbocycles. The highest BCUT2D eigenvalue weighted by Gasteiger charge is 2.17. The highest BCUT2D eigenvalue weighted by Crippen LogP contribution is 2.25. The number of nitrogens with zero attached hydrogens (tertiary/aromatic N) is 1. The molecule has 0 amide bonds. The summed E-state index contributed by atoms with van der Waals surface area (Å²) < 4.78 is 11.0. The maximum Gasteiger partial charge on any atom is 0.332 e. The van der Waals surface area contributed by atoms with E-state index in [0.29, 0.717) is 5.56 Å². The molecule has 0 saturated carbocycles. The number of hydrogen-bond donors (Lipinski definition) is 0. The first-order valence-electron chi connectivity index (χ1n) is 8.74. The molecule has 0 unspecified atom stereocenters. The number of carbonyl (C=O) groups excluding carboxylic acids is 1. The summed E-state index contributed by atoms with van der Waals surface area (Å²) in [5.41, 5.74) is 2.36. The van der Waals surface area contributed by atoms with Gasteiger partial charge >= 0.3 is 5.97 Å². The van der Waals surface area contributed by atoms with Crippen LogP contribution in [0.5, 0.6) is 0 Å². The number of nitro benzene ring substituents is 1. The van der Waals surface area contributed by atoms with Gasteiger partial charge in [0.1, 0.15) is 19.3 Å². The van der Waals surface area contributed by atoms with Crippen LogP contribution in [0, 0.1) is 10.1 Å². The smallest absolute Gasteiger partial charge is 0.332 e. The van der Waals surface area contributed by atoms with Gasteiger partial charge in [0.05, 0.1) is 4.92 Å². The van der Waals surface area contributed by atoms with Crippen molar-refractivity contribution in [2.75, 3.05) is 6.61 Å². The molecule has 0 heterocycles. The summed E-state index contributed by atoms with van der Waals surface area (Å²) >= 11 is 0. The second-order valence-corrected chi connectivity index (χ2v) is 6.10. The number of rotatable bonds is 8. The van der Waals surface area contributed by atoms with E-state index in [1.807, 2.05) is 60.7 Å². The summed E-state index contributed by atoms with van der Waals surface area (Å²) in [5.74, 6) is -0.539. The molecule has 0 aliphatic heterocycles. The van der Waals surface area contributed by atoms with Crippen molar-refractivity contribution in [1.82, 2.24) is 0 Å². The molecule has 3 rings (SSSR count). The average molecular weight is 377 g/mol. The number of hydrogen-bond acceptors (Lipinski definition) is 5. The molecule has 0 saturated heterocycles. The van der Waals surface area contributed by atoms with E-state index in [1.165, 1.54) is 12.1 Å². The molecule has 0 radical (unpaired) electrons. The van der Waals surface area contributed by atoms with Crippen LogP contribution in [0.15, 0.2) is 84.9 Å². The molecule has 142 valence electrons. The van der Waals surface area contributed by atoms with Crippen molar-refractivity contribution in [3.8, 4) is 0 Å². The Morgan fingerprint density at radius 3 is 2.07 bits per heavy atom. The monoisotopic (exact) mass is 377 g/mol. The molecule has 0 atom stereocenters. The lowest BCUT2D eigenvalue weighted by Crippen LogP contribution is -2.16. The van der Waals surface area contributed by atoms with Crippen molar-refractivity contribution in [1.29, 1.82) is 0 Å². The van der Waals surface area contributed by atoms with Crippen molar-refractivity contribution in [2.45, 2.75) is 12.7 Å². The highest BCUT2D eigenvalue weighted by molar-refractivity contribution is 5.70. The molecule has 0 aromatic heterocycles. The molecule has 6 heteroatoms. The first-order valence-corrected chi connectivity index (χ1v) is 8.74. The minimum atomic E-state index is -0.539. The molecule has 0 bridgehead atoms. The van der Waals surface area contributed by atoms with Crippen LogP contribution in [-0.2, 0) is 20.9 Å². The molecule has 3 aromatic carbocycles. The number of ether oxygens (including phenoxy) is 2. The molecule has 3 aromatic rings. The van der Waals surface area contributed by atoms with Gasteiger partial charge in [-0.25, -0.2) is 4.79 Å². The number of benzene rings is 3. The van der Waals surface area contributed by atoms with Crippen LogP contribution in [0.3, 0.4) is 0 Å². The molecular weight excluding hydrogens is 358 g/mol. The van der Waals surface area contributed by atoms with Gasteiger partial charge in [0.15, 0.2) is 0 Å². The average Bonchev–Trinajstić information content (AvgIpc) is 2.74. The van der Waals surface area contributed by atoms with E-state index in [9.17, 15) is 14.9 Å². The van der Waals surface area contributed by atoms with Gasteiger partial charge < -0.3 is 9.47 Å². The molecule has 0 N–H and O–H groups in total. The van der Waals surface area contributed by atoms with Gasteiger partial charge in [0.25, 0.3) is 5.69 Å². The van der Waals surface area contributed by atoms with Crippen molar-refractivity contribution in [3.63, 3.8) is 0 Å². The first-order chi connectivity index (χ1) is 13.6. The Bertz CT molecular complexity index is 888. The number of carbonyl (C=O) groups is 1. The van der Waals surface area contributed by atoms with Crippen LogP contribution >= 0.6 is 0 Å². The summed E-state index contributed by atoms with van der Waals surface area (Å²) in [7, 11) is 0. The largest absolute Gasteiger partial charge is 0.459 e. The lowest BCUT2D eigenvalue weighted by atomic mass is 10.0. The predicted molar refractivity (Wildman–Crippen MR) is 104 cm³/mol. The summed E-state index contributed by atoms with van der Waals surface area (Å²) in [5, 5.41) is 10.8. The van der Waals surface area contributed by atoms with E-state index in [0.717, 1.165) is 11.1 Å². The third kappa shape index (κ3) is 5.25. The van der Waals surface area contributed by atoms with Crippen LogP contribution in [-0.4, -0.2) is 17.5 Å². The van der Waals surface area contributed by atoms with Crippen molar-refractivity contribution in [2.24, 2.45) is 0 Å². The van der Waals surface area contributed by atoms with Crippen molar-refractivity contribution >= 4 is 11.7 Å². The standard InChI is InChI=1S/C22H19NO5/c24-21(27-15-17-8-7-13-20(14-17)23(25)26)16-28-22(18-9-3-1-4-10-18)19-11-5-2-6-12-19/h1-14,22H,15-16H2. The van der Waals surface area contributed by atoms with E-state index >= 15 is 0 Å². The lowest BCUT2D eigenvalue weighted by molar-refractivity contribution is -0.384. The van der Waals surface area contributed by atoms with Crippen LogP contribution < -0.4 is 0 Å². The predicted octanol–water partition coefficient (Wildman–Crippen LogP) is 4.44. The minimum Gasteiger partial charge on any atom is -0.459 e. The maximum absolute atomic E-state index is 12.1. The highest BCUT2D eigenvalue weighted by atomic mass is 16.6. The third-order valence-corrected chi connectivity index (χ3v) is 4.09. The second kappa shape index (κ2) is 9.43. The molecule has 28 heavy (non-hydrogen) atoms. The van der Waals surface area contributed by atoms with Gasteiger partial charge in [-0.3, -0.25) is 10.1 Å². The Labute approximate surface area is 162 Å². The number of esters is 1. The van der Waals surface area contributed by atoms with Crippen LogP contribution in [0.1, 0.15) is 22.8 Å². The van der Waals surface area contributed by atoms with E-state index in [-0.39, 0.29) is 18.9 Å². The van der Waals surface area contributed by atoms with Crippen LogP contribution in [0.2, 0.25) is 0 Å². The van der Waals surface area contributed by atoms with E-state index in [4.69, 9.17) is 9.47 Å². The Hall–Kier alpha value is -3.51. The molecular formula is C22H19NO5. The number of non-ortho nitro benzene ring substituents is 1. The van der Waals surface area contributed by atoms with Gasteiger partial charge in [-0.1, -0.05) is 72.8 Å². The number of nitro groups is 1. The van der Waals surface area contributed by atoms with Gasteiger partial charge in [-0.2, -0.15) is 0 Å². The molecule has 0 fully saturated rings. The Balaban J connectivity index is 1.61. The summed E-state index contributed by atoms with van der Waals surface area (Å²) in [6.45, 7) is -0.283.